The van der Waals surface area contributed by atoms with Crippen LogP contribution in [0.1, 0.15) is 11.4 Å². The molecule has 0 aliphatic rings. The summed E-state index contributed by atoms with van der Waals surface area (Å²) in [5, 5.41) is 13.0. The van der Waals surface area contributed by atoms with Gasteiger partial charge in [0.05, 0.1) is 23.9 Å². The molecule has 0 bridgehead atoms. The van der Waals surface area contributed by atoms with Crippen molar-refractivity contribution in [2.24, 2.45) is 0 Å². The first kappa shape index (κ1) is 10.9. The van der Waals surface area contributed by atoms with E-state index in [4.69, 9.17) is 5.26 Å². The maximum Gasteiger partial charge on any atom is 0.0793 e. The Morgan fingerprint density at radius 1 is 1.44 bits per heavy atom. The van der Waals surface area contributed by atoms with Gasteiger partial charge in [0, 0.05) is 10.2 Å². The van der Waals surface area contributed by atoms with Gasteiger partial charge in [-0.05, 0) is 41.1 Å². The molecule has 2 rings (SSSR count). The second-order valence-electron chi connectivity index (χ2n) is 3.48. The van der Waals surface area contributed by atoms with Crippen molar-refractivity contribution in [3.8, 4) is 11.8 Å². The minimum atomic E-state index is 0.346. The number of nitrogens with zero attached hydrogens (tertiary/aromatic N) is 3. The Kier molecular flexibility index (Phi) is 3.07. The zero-order chi connectivity index (χ0) is 11.5. The Balaban J connectivity index is 2.49. The van der Waals surface area contributed by atoms with Gasteiger partial charge in [-0.1, -0.05) is 12.1 Å². The normalized spacial score (nSPS) is 10.1. The van der Waals surface area contributed by atoms with Crippen molar-refractivity contribution < 1.29 is 0 Å². The van der Waals surface area contributed by atoms with Crippen LogP contribution in [-0.4, -0.2) is 9.78 Å². The molecule has 0 amide bonds. The quantitative estimate of drug-likeness (QED) is 0.846. The third-order valence-corrected chi connectivity index (χ3v) is 2.95. The predicted octanol–water partition coefficient (Wildman–Crippen LogP) is 3.01. The standard InChI is InChI=1S/C12H10BrN3/c1-9-8-10(6-7-14)15-16(9)12-5-3-2-4-11(12)13/h2-5,8H,6H2,1H3. The van der Waals surface area contributed by atoms with E-state index in [-0.39, 0.29) is 0 Å². The van der Waals surface area contributed by atoms with Gasteiger partial charge in [-0.15, -0.1) is 0 Å². The van der Waals surface area contributed by atoms with Gasteiger partial charge in [0.2, 0.25) is 0 Å². The van der Waals surface area contributed by atoms with Crippen LogP contribution < -0.4 is 0 Å². The monoisotopic (exact) mass is 275 g/mol. The minimum Gasteiger partial charge on any atom is -0.237 e. The van der Waals surface area contributed by atoms with Gasteiger partial charge < -0.3 is 0 Å². The Morgan fingerprint density at radius 3 is 2.88 bits per heavy atom. The van der Waals surface area contributed by atoms with Gasteiger partial charge in [-0.25, -0.2) is 4.68 Å². The third kappa shape index (κ3) is 2.00. The molecule has 80 valence electrons. The molecule has 0 atom stereocenters. The van der Waals surface area contributed by atoms with Crippen LogP contribution in [-0.2, 0) is 6.42 Å². The molecule has 0 saturated carbocycles. The second kappa shape index (κ2) is 4.50. The lowest BCUT2D eigenvalue weighted by atomic mass is 10.3. The molecule has 3 nitrogen and oxygen atoms in total. The first-order valence-corrected chi connectivity index (χ1v) is 5.69. The highest BCUT2D eigenvalue weighted by Gasteiger charge is 2.07. The zero-order valence-corrected chi connectivity index (χ0v) is 10.4. The number of para-hydroxylation sites is 1. The summed E-state index contributed by atoms with van der Waals surface area (Å²) in [5.74, 6) is 0. The molecular formula is C12H10BrN3. The molecule has 0 unspecified atom stereocenters. The van der Waals surface area contributed by atoms with Crippen LogP contribution in [0, 0.1) is 18.3 Å². The fourth-order valence-electron chi connectivity index (χ4n) is 1.57. The highest BCUT2D eigenvalue weighted by Crippen LogP contribution is 2.21. The molecule has 0 fully saturated rings. The largest absolute Gasteiger partial charge is 0.237 e. The van der Waals surface area contributed by atoms with Crippen molar-refractivity contribution in [2.45, 2.75) is 13.3 Å². The van der Waals surface area contributed by atoms with E-state index in [2.05, 4.69) is 27.1 Å². The van der Waals surface area contributed by atoms with Crippen molar-refractivity contribution in [2.75, 3.05) is 0 Å². The number of aromatic nitrogens is 2. The number of aryl methyl sites for hydroxylation is 1. The zero-order valence-electron chi connectivity index (χ0n) is 8.81. The summed E-state index contributed by atoms with van der Waals surface area (Å²) >= 11 is 3.49. The number of nitriles is 1. The molecule has 0 aliphatic heterocycles. The van der Waals surface area contributed by atoms with Crippen molar-refractivity contribution in [3.63, 3.8) is 0 Å². The summed E-state index contributed by atoms with van der Waals surface area (Å²) in [7, 11) is 0. The van der Waals surface area contributed by atoms with E-state index in [1.165, 1.54) is 0 Å². The Labute approximate surface area is 102 Å². The molecule has 1 heterocycles. The second-order valence-corrected chi connectivity index (χ2v) is 4.33. The SMILES string of the molecule is Cc1cc(CC#N)nn1-c1ccccc1Br. The molecule has 1 aromatic heterocycles. The molecule has 4 heteroatoms. The molecule has 0 saturated heterocycles. The minimum absolute atomic E-state index is 0.346. The predicted molar refractivity (Wildman–Crippen MR) is 65.3 cm³/mol. The van der Waals surface area contributed by atoms with E-state index >= 15 is 0 Å². The van der Waals surface area contributed by atoms with Gasteiger partial charge in [0.25, 0.3) is 0 Å². The Morgan fingerprint density at radius 2 is 2.19 bits per heavy atom. The van der Waals surface area contributed by atoms with Crippen LogP contribution in [0.5, 0.6) is 0 Å². The van der Waals surface area contributed by atoms with Gasteiger partial charge >= 0.3 is 0 Å². The van der Waals surface area contributed by atoms with Crippen LogP contribution in [0.15, 0.2) is 34.8 Å². The molecule has 0 spiro atoms. The summed E-state index contributed by atoms with van der Waals surface area (Å²) in [6.45, 7) is 1.98. The molecule has 0 radical (unpaired) electrons. The number of halogens is 1. The maximum atomic E-state index is 8.64. The summed E-state index contributed by atoms with van der Waals surface area (Å²) < 4.78 is 2.83. The summed E-state index contributed by atoms with van der Waals surface area (Å²) in [5.41, 5.74) is 2.82. The highest BCUT2D eigenvalue weighted by molar-refractivity contribution is 9.10. The summed E-state index contributed by atoms with van der Waals surface area (Å²) in [6, 6.07) is 11.9. The number of rotatable bonds is 2. The molecular weight excluding hydrogens is 266 g/mol. The van der Waals surface area contributed by atoms with Crippen LogP contribution in [0.3, 0.4) is 0 Å². The van der Waals surface area contributed by atoms with E-state index in [0.29, 0.717) is 6.42 Å². The molecule has 2 aromatic rings. The first-order valence-electron chi connectivity index (χ1n) is 4.90. The van der Waals surface area contributed by atoms with Crippen molar-refractivity contribution in [1.82, 2.24) is 9.78 Å². The van der Waals surface area contributed by atoms with Crippen molar-refractivity contribution >= 4 is 15.9 Å². The molecule has 1 aromatic carbocycles. The van der Waals surface area contributed by atoms with Crippen LogP contribution in [0.25, 0.3) is 5.69 Å². The van der Waals surface area contributed by atoms with Gasteiger partial charge in [-0.3, -0.25) is 0 Å². The van der Waals surface area contributed by atoms with Crippen molar-refractivity contribution in [3.05, 3.63) is 46.2 Å². The molecule has 0 aliphatic carbocycles. The van der Waals surface area contributed by atoms with E-state index in [0.717, 1.165) is 21.5 Å². The van der Waals surface area contributed by atoms with Crippen LogP contribution in [0.4, 0.5) is 0 Å². The number of hydrogen-bond donors (Lipinski definition) is 0. The number of hydrogen-bond acceptors (Lipinski definition) is 2. The lowest BCUT2D eigenvalue weighted by Crippen LogP contribution is -2.00. The van der Waals surface area contributed by atoms with Gasteiger partial charge in [-0.2, -0.15) is 10.4 Å². The topological polar surface area (TPSA) is 41.6 Å². The van der Waals surface area contributed by atoms with Crippen molar-refractivity contribution in [1.29, 1.82) is 5.26 Å². The van der Waals surface area contributed by atoms with Gasteiger partial charge in [0.1, 0.15) is 0 Å². The summed E-state index contributed by atoms with van der Waals surface area (Å²) in [6.07, 6.45) is 0.346. The Bertz CT molecular complexity index is 552. The lowest BCUT2D eigenvalue weighted by Gasteiger charge is -2.05. The fourth-order valence-corrected chi connectivity index (χ4v) is 2.03. The fraction of sp³-hybridized carbons (Fsp3) is 0.167. The average molecular weight is 276 g/mol. The van der Waals surface area contributed by atoms with E-state index in [1.54, 1.807) is 0 Å². The highest BCUT2D eigenvalue weighted by atomic mass is 79.9. The lowest BCUT2D eigenvalue weighted by molar-refractivity contribution is 0.823. The third-order valence-electron chi connectivity index (χ3n) is 2.28. The number of benzene rings is 1. The van der Waals surface area contributed by atoms with E-state index in [9.17, 15) is 0 Å². The smallest absolute Gasteiger partial charge is 0.0793 e. The average Bonchev–Trinajstić information content (AvgIpc) is 2.61. The Hall–Kier alpha value is -1.60. The van der Waals surface area contributed by atoms with E-state index in [1.807, 2.05) is 41.9 Å². The summed E-state index contributed by atoms with van der Waals surface area (Å²) in [4.78, 5) is 0. The maximum absolute atomic E-state index is 8.64. The van der Waals surface area contributed by atoms with Crippen LogP contribution >= 0.6 is 15.9 Å². The first-order chi connectivity index (χ1) is 7.72. The molecule has 16 heavy (non-hydrogen) atoms. The molecule has 0 N–H and O–H groups in total. The van der Waals surface area contributed by atoms with E-state index < -0.39 is 0 Å². The van der Waals surface area contributed by atoms with Crippen LogP contribution in [0.2, 0.25) is 0 Å². The van der Waals surface area contributed by atoms with Gasteiger partial charge in [0.15, 0.2) is 0 Å².